The molecule has 0 aromatic carbocycles. The van der Waals surface area contributed by atoms with Gasteiger partial charge in [0.05, 0.1) is 12.4 Å². The van der Waals surface area contributed by atoms with E-state index < -0.39 is 10.0 Å². The maximum Gasteiger partial charge on any atom is 0.242 e. The van der Waals surface area contributed by atoms with E-state index in [0.29, 0.717) is 17.0 Å². The lowest BCUT2D eigenvalue weighted by molar-refractivity contribution is -0.0746. The first-order valence-corrected chi connectivity index (χ1v) is 13.1. The van der Waals surface area contributed by atoms with Crippen molar-refractivity contribution in [1.29, 1.82) is 0 Å². The van der Waals surface area contributed by atoms with Gasteiger partial charge in [-0.1, -0.05) is 0 Å². The first-order valence-electron chi connectivity index (χ1n) is 11.4. The number of rotatable bonds is 7. The number of fused-ring (bicyclic) bond motifs is 1. The molecular formula is C22H30N4O3S. The third-order valence-corrected chi connectivity index (χ3v) is 9.13. The average Bonchev–Trinajstić information content (AvgIpc) is 3.47. The van der Waals surface area contributed by atoms with Gasteiger partial charge in [0.25, 0.3) is 0 Å². The molecule has 5 saturated carbocycles. The van der Waals surface area contributed by atoms with Crippen LogP contribution in [0.2, 0.25) is 0 Å². The van der Waals surface area contributed by atoms with Crippen LogP contribution < -0.4 is 9.46 Å². The molecule has 7 nitrogen and oxygen atoms in total. The van der Waals surface area contributed by atoms with Crippen LogP contribution in [0.15, 0.2) is 12.3 Å². The molecule has 0 radical (unpaired) electrons. The van der Waals surface area contributed by atoms with Gasteiger partial charge in [0, 0.05) is 23.2 Å². The Hall–Kier alpha value is -1.83. The minimum atomic E-state index is -3.40. The summed E-state index contributed by atoms with van der Waals surface area (Å²) in [6.45, 7) is 2.41. The molecule has 30 heavy (non-hydrogen) atoms. The van der Waals surface area contributed by atoms with E-state index in [0.717, 1.165) is 48.5 Å². The topological polar surface area (TPSA) is 85.6 Å². The second kappa shape index (κ2) is 6.58. The minimum absolute atomic E-state index is 0.00363. The molecule has 162 valence electrons. The monoisotopic (exact) mass is 430 g/mol. The third kappa shape index (κ3) is 3.27. The van der Waals surface area contributed by atoms with Crippen LogP contribution >= 0.6 is 0 Å². The molecule has 0 atom stereocenters. The van der Waals surface area contributed by atoms with Crippen molar-refractivity contribution >= 4 is 21.6 Å². The summed E-state index contributed by atoms with van der Waals surface area (Å²) >= 11 is 0. The highest BCUT2D eigenvalue weighted by atomic mass is 32.2. The van der Waals surface area contributed by atoms with Crippen molar-refractivity contribution in [3.63, 3.8) is 0 Å². The average molecular weight is 431 g/mol. The van der Waals surface area contributed by atoms with E-state index in [2.05, 4.69) is 14.9 Å². The molecule has 4 bridgehead atoms. The summed E-state index contributed by atoms with van der Waals surface area (Å²) in [6.07, 6.45) is 12.6. The van der Waals surface area contributed by atoms with E-state index in [-0.39, 0.29) is 11.7 Å². The molecular weight excluding hydrogens is 400 g/mol. The molecule has 5 fully saturated rings. The van der Waals surface area contributed by atoms with E-state index in [4.69, 9.17) is 4.74 Å². The highest BCUT2D eigenvalue weighted by molar-refractivity contribution is 7.92. The molecule has 5 aliphatic carbocycles. The van der Waals surface area contributed by atoms with Crippen molar-refractivity contribution in [2.75, 3.05) is 17.1 Å². The Morgan fingerprint density at radius 2 is 1.80 bits per heavy atom. The molecule has 1 N–H and O–H groups in total. The summed E-state index contributed by atoms with van der Waals surface area (Å²) in [5.74, 6) is 4.39. The molecule has 0 saturated heterocycles. The Kier molecular flexibility index (Phi) is 4.15. The molecule has 2 aromatic heterocycles. The zero-order valence-electron chi connectivity index (χ0n) is 17.5. The standard InChI is InChI=1S/C22H30N4O3S/c1-2-30(27,28)25-21-24-23-20-8-19(18(12-26(20)21)17-3-4-17)29-13-22-9-14-5-15(10-22)7-16(6-14)11-22/h8,12,14-17H,2-7,9-11,13H2,1H3,(H,24,25). The van der Waals surface area contributed by atoms with Crippen molar-refractivity contribution in [3.8, 4) is 5.75 Å². The molecule has 0 aliphatic heterocycles. The van der Waals surface area contributed by atoms with Crippen LogP contribution in [0.1, 0.15) is 69.8 Å². The predicted octanol–water partition coefficient (Wildman–Crippen LogP) is 3.96. The van der Waals surface area contributed by atoms with Crippen LogP contribution in [0.5, 0.6) is 5.75 Å². The van der Waals surface area contributed by atoms with E-state index in [1.54, 1.807) is 11.3 Å². The first-order chi connectivity index (χ1) is 14.4. The van der Waals surface area contributed by atoms with Gasteiger partial charge in [0.15, 0.2) is 5.65 Å². The van der Waals surface area contributed by atoms with Crippen molar-refractivity contribution in [2.24, 2.45) is 23.2 Å². The number of nitrogens with zero attached hydrogens (tertiary/aromatic N) is 3. The molecule has 7 rings (SSSR count). The zero-order chi connectivity index (χ0) is 20.5. The zero-order valence-corrected chi connectivity index (χ0v) is 18.3. The molecule has 5 aliphatic rings. The normalized spacial score (nSPS) is 32.6. The summed E-state index contributed by atoms with van der Waals surface area (Å²) in [7, 11) is -3.40. The summed E-state index contributed by atoms with van der Waals surface area (Å²) in [6, 6.07) is 1.95. The predicted molar refractivity (Wildman–Crippen MR) is 114 cm³/mol. The van der Waals surface area contributed by atoms with Gasteiger partial charge < -0.3 is 4.74 Å². The van der Waals surface area contributed by atoms with Crippen LogP contribution in [0, 0.1) is 23.2 Å². The molecule has 0 spiro atoms. The number of hydrogen-bond acceptors (Lipinski definition) is 5. The fraction of sp³-hybridized carbons (Fsp3) is 0.727. The second-order valence-electron chi connectivity index (χ2n) is 10.3. The van der Waals surface area contributed by atoms with Crippen molar-refractivity contribution < 1.29 is 13.2 Å². The highest BCUT2D eigenvalue weighted by Crippen LogP contribution is 2.60. The Morgan fingerprint density at radius 3 is 2.40 bits per heavy atom. The lowest BCUT2D eigenvalue weighted by Gasteiger charge is -2.56. The van der Waals surface area contributed by atoms with E-state index in [9.17, 15) is 8.42 Å². The Labute approximate surface area is 177 Å². The highest BCUT2D eigenvalue weighted by Gasteiger charge is 2.51. The van der Waals surface area contributed by atoms with Crippen LogP contribution in [0.4, 0.5) is 5.95 Å². The Morgan fingerprint density at radius 1 is 1.13 bits per heavy atom. The number of pyridine rings is 1. The molecule has 0 unspecified atom stereocenters. The fourth-order valence-corrected chi connectivity index (χ4v) is 7.30. The van der Waals surface area contributed by atoms with Gasteiger partial charge in [0.1, 0.15) is 5.75 Å². The number of ether oxygens (including phenoxy) is 1. The quantitative estimate of drug-likeness (QED) is 0.718. The van der Waals surface area contributed by atoms with E-state index >= 15 is 0 Å². The lowest BCUT2D eigenvalue weighted by Crippen LogP contribution is -2.48. The van der Waals surface area contributed by atoms with Crippen molar-refractivity contribution in [3.05, 3.63) is 17.8 Å². The number of anilines is 1. The van der Waals surface area contributed by atoms with E-state index in [1.165, 1.54) is 38.5 Å². The van der Waals surface area contributed by atoms with Gasteiger partial charge in [-0.2, -0.15) is 0 Å². The number of hydrogen-bond donors (Lipinski definition) is 1. The van der Waals surface area contributed by atoms with Crippen LogP contribution in [0.25, 0.3) is 5.65 Å². The van der Waals surface area contributed by atoms with Crippen LogP contribution in [-0.2, 0) is 10.0 Å². The number of aromatic nitrogens is 3. The van der Waals surface area contributed by atoms with E-state index in [1.807, 2.05) is 12.3 Å². The number of sulfonamides is 1. The SMILES string of the molecule is CCS(=O)(=O)Nc1nnc2cc(OCC34CC5CC(CC(C5)C3)C4)c(C3CC3)cn12. The van der Waals surface area contributed by atoms with Crippen LogP contribution in [-0.4, -0.2) is 35.4 Å². The van der Waals surface area contributed by atoms with Crippen molar-refractivity contribution in [1.82, 2.24) is 14.6 Å². The lowest BCUT2D eigenvalue weighted by atomic mass is 9.50. The maximum absolute atomic E-state index is 12.0. The van der Waals surface area contributed by atoms with Crippen LogP contribution in [0.3, 0.4) is 0 Å². The Bertz CT molecular complexity index is 1050. The number of nitrogens with one attached hydrogen (secondary N) is 1. The largest absolute Gasteiger partial charge is 0.493 e. The summed E-state index contributed by atoms with van der Waals surface area (Å²) in [5.41, 5.74) is 2.13. The smallest absolute Gasteiger partial charge is 0.242 e. The third-order valence-electron chi connectivity index (χ3n) is 7.88. The van der Waals surface area contributed by atoms with Gasteiger partial charge in [-0.3, -0.25) is 9.12 Å². The van der Waals surface area contributed by atoms with Crippen molar-refractivity contribution in [2.45, 2.75) is 64.2 Å². The molecule has 8 heteroatoms. The maximum atomic E-state index is 12.0. The first kappa shape index (κ1) is 18.9. The Balaban J connectivity index is 1.29. The van der Waals surface area contributed by atoms with Gasteiger partial charge in [-0.05, 0) is 82.0 Å². The summed E-state index contributed by atoms with van der Waals surface area (Å²) in [5, 5.41) is 8.27. The fourth-order valence-electron chi connectivity index (χ4n) is 6.74. The molecule has 2 heterocycles. The molecule has 0 amide bonds. The summed E-state index contributed by atoms with van der Waals surface area (Å²) < 4.78 is 34.8. The molecule has 2 aromatic rings. The van der Waals surface area contributed by atoms with Gasteiger partial charge in [0.2, 0.25) is 16.0 Å². The van der Waals surface area contributed by atoms with Gasteiger partial charge in [-0.25, -0.2) is 8.42 Å². The minimum Gasteiger partial charge on any atom is -0.493 e. The summed E-state index contributed by atoms with van der Waals surface area (Å²) in [4.78, 5) is 0. The second-order valence-corrected chi connectivity index (χ2v) is 12.3. The van der Waals surface area contributed by atoms with Gasteiger partial charge in [-0.15, -0.1) is 10.2 Å². The van der Waals surface area contributed by atoms with Gasteiger partial charge >= 0.3 is 0 Å².